The highest BCUT2D eigenvalue weighted by molar-refractivity contribution is 9.10. The molecule has 2 aromatic heterocycles. The zero-order chi connectivity index (χ0) is 15.5. The van der Waals surface area contributed by atoms with E-state index in [0.29, 0.717) is 0 Å². The molecule has 0 aromatic carbocycles. The van der Waals surface area contributed by atoms with Gasteiger partial charge in [-0.3, -0.25) is 4.98 Å². The summed E-state index contributed by atoms with van der Waals surface area (Å²) < 4.78 is 0.993. The number of aromatic nitrogens is 2. The zero-order valence-corrected chi connectivity index (χ0v) is 15.4. The third kappa shape index (κ3) is 4.11. The van der Waals surface area contributed by atoms with Crippen molar-refractivity contribution < 1.29 is 0 Å². The number of halogens is 1. The van der Waals surface area contributed by atoms with Crippen molar-refractivity contribution in [3.05, 3.63) is 33.4 Å². The van der Waals surface area contributed by atoms with Crippen molar-refractivity contribution in [1.82, 2.24) is 15.3 Å². The van der Waals surface area contributed by atoms with Gasteiger partial charge in [0.05, 0.1) is 5.69 Å². The average molecular weight is 368 g/mol. The number of hydrogen-bond donors (Lipinski definition) is 1. The lowest BCUT2D eigenvalue weighted by molar-refractivity contribution is 0.559. The van der Waals surface area contributed by atoms with Gasteiger partial charge in [-0.25, -0.2) is 4.98 Å². The Morgan fingerprint density at radius 2 is 2.10 bits per heavy atom. The van der Waals surface area contributed by atoms with Crippen molar-refractivity contribution in [3.63, 3.8) is 0 Å². The smallest absolute Gasteiger partial charge is 0.143 e. The molecule has 2 aromatic rings. The summed E-state index contributed by atoms with van der Waals surface area (Å²) in [5, 5.41) is 4.47. The molecule has 0 amide bonds. The second-order valence-electron chi connectivity index (χ2n) is 6.05. The van der Waals surface area contributed by atoms with Crippen LogP contribution in [0.25, 0.3) is 10.7 Å². The Bertz CT molecular complexity index is 602. The lowest BCUT2D eigenvalue weighted by atomic mass is 9.91. The second-order valence-corrected chi connectivity index (χ2v) is 7.99. The molecule has 0 bridgehead atoms. The Hall–Kier alpha value is -0.780. The van der Waals surface area contributed by atoms with E-state index >= 15 is 0 Å². The van der Waals surface area contributed by atoms with Crippen molar-refractivity contribution in [2.24, 2.45) is 0 Å². The van der Waals surface area contributed by atoms with Gasteiger partial charge < -0.3 is 5.32 Å². The summed E-state index contributed by atoms with van der Waals surface area (Å²) in [6, 6.07) is 3.94. The van der Waals surface area contributed by atoms with Gasteiger partial charge in [-0.05, 0) is 41.0 Å². The molecule has 0 unspecified atom stereocenters. The third-order valence-corrected chi connectivity index (χ3v) is 4.78. The summed E-state index contributed by atoms with van der Waals surface area (Å²) in [5.74, 6) is 0. The minimum Gasteiger partial charge on any atom is -0.312 e. The van der Waals surface area contributed by atoms with Gasteiger partial charge in [-0.1, -0.05) is 27.7 Å². The third-order valence-electron chi connectivity index (χ3n) is 3.08. The summed E-state index contributed by atoms with van der Waals surface area (Å²) in [4.78, 5) is 10.6. The Morgan fingerprint density at radius 3 is 2.71 bits per heavy atom. The van der Waals surface area contributed by atoms with Crippen molar-refractivity contribution in [2.45, 2.75) is 46.1 Å². The number of rotatable bonds is 5. The first kappa shape index (κ1) is 16.6. The van der Waals surface area contributed by atoms with Gasteiger partial charge in [-0.15, -0.1) is 11.3 Å². The fourth-order valence-corrected chi connectivity index (χ4v) is 3.91. The van der Waals surface area contributed by atoms with Crippen LogP contribution in [-0.4, -0.2) is 16.5 Å². The maximum atomic E-state index is 4.88. The fraction of sp³-hybridized carbons (Fsp3) is 0.500. The van der Waals surface area contributed by atoms with Crippen molar-refractivity contribution in [2.75, 3.05) is 6.54 Å². The minimum atomic E-state index is 0.0409. The Labute approximate surface area is 139 Å². The Balaban J connectivity index is 2.38. The molecular formula is C16H22BrN3S. The number of thiazole rings is 1. The number of nitrogens with one attached hydrogen (secondary N) is 1. The van der Waals surface area contributed by atoms with E-state index in [9.17, 15) is 0 Å². The van der Waals surface area contributed by atoms with Crippen LogP contribution < -0.4 is 5.32 Å². The van der Waals surface area contributed by atoms with Gasteiger partial charge >= 0.3 is 0 Å². The molecule has 0 spiro atoms. The molecule has 21 heavy (non-hydrogen) atoms. The van der Waals surface area contributed by atoms with E-state index in [1.807, 2.05) is 18.3 Å². The molecule has 0 saturated heterocycles. The summed E-state index contributed by atoms with van der Waals surface area (Å²) in [6.45, 7) is 10.7. The molecule has 1 N–H and O–H groups in total. The molecule has 0 aliphatic carbocycles. The Morgan fingerprint density at radius 1 is 1.33 bits per heavy atom. The second kappa shape index (κ2) is 6.99. The standard InChI is InChI=1S/C16H22BrN3S/c1-5-8-18-10-12-14(16(2,3)4)20-15(21-12)13-11(17)7-6-9-19-13/h6-7,9,18H,5,8,10H2,1-4H3. The first-order valence-corrected chi connectivity index (χ1v) is 8.86. The van der Waals surface area contributed by atoms with E-state index in [4.69, 9.17) is 4.98 Å². The lowest BCUT2D eigenvalue weighted by Gasteiger charge is -2.17. The molecule has 0 aliphatic heterocycles. The first-order chi connectivity index (χ1) is 9.93. The highest BCUT2D eigenvalue weighted by atomic mass is 79.9. The van der Waals surface area contributed by atoms with E-state index in [1.165, 1.54) is 10.6 Å². The predicted octanol–water partition coefficient (Wildman–Crippen LogP) is 4.76. The van der Waals surface area contributed by atoms with E-state index < -0.39 is 0 Å². The summed E-state index contributed by atoms with van der Waals surface area (Å²) in [5.41, 5.74) is 2.14. The number of hydrogen-bond acceptors (Lipinski definition) is 4. The summed E-state index contributed by atoms with van der Waals surface area (Å²) >= 11 is 5.31. The van der Waals surface area contributed by atoms with Crippen LogP contribution >= 0.6 is 27.3 Å². The molecule has 0 aliphatic rings. The maximum absolute atomic E-state index is 4.88. The predicted molar refractivity (Wildman–Crippen MR) is 93.7 cm³/mol. The largest absolute Gasteiger partial charge is 0.312 e. The molecule has 2 rings (SSSR count). The van der Waals surface area contributed by atoms with Crippen LogP contribution in [0.1, 0.15) is 44.7 Å². The average Bonchev–Trinajstić information content (AvgIpc) is 2.83. The molecule has 2 heterocycles. The van der Waals surface area contributed by atoms with Crippen molar-refractivity contribution in [1.29, 1.82) is 0 Å². The highest BCUT2D eigenvalue weighted by Crippen LogP contribution is 2.36. The lowest BCUT2D eigenvalue weighted by Crippen LogP contribution is -2.19. The van der Waals surface area contributed by atoms with Gasteiger partial charge in [-0.2, -0.15) is 0 Å². The molecule has 0 atom stereocenters. The summed E-state index contributed by atoms with van der Waals surface area (Å²) in [6.07, 6.45) is 2.95. The van der Waals surface area contributed by atoms with Gasteiger partial charge in [0.1, 0.15) is 10.7 Å². The monoisotopic (exact) mass is 367 g/mol. The van der Waals surface area contributed by atoms with E-state index in [-0.39, 0.29) is 5.41 Å². The van der Waals surface area contributed by atoms with E-state index in [1.54, 1.807) is 11.3 Å². The first-order valence-electron chi connectivity index (χ1n) is 7.25. The van der Waals surface area contributed by atoms with Gasteiger partial charge in [0.2, 0.25) is 0 Å². The zero-order valence-electron chi connectivity index (χ0n) is 13.0. The highest BCUT2D eigenvalue weighted by Gasteiger charge is 2.24. The molecular weight excluding hydrogens is 346 g/mol. The maximum Gasteiger partial charge on any atom is 0.143 e. The van der Waals surface area contributed by atoms with Crippen molar-refractivity contribution in [3.8, 4) is 10.7 Å². The van der Waals surface area contributed by atoms with E-state index in [0.717, 1.165) is 34.7 Å². The minimum absolute atomic E-state index is 0.0409. The Kier molecular flexibility index (Phi) is 5.52. The van der Waals surface area contributed by atoms with Crippen LogP contribution in [0.4, 0.5) is 0 Å². The SMILES string of the molecule is CCCNCc1sc(-c2ncccc2Br)nc1C(C)(C)C. The van der Waals surface area contributed by atoms with Crippen LogP contribution in [0.15, 0.2) is 22.8 Å². The van der Waals surface area contributed by atoms with Crippen LogP contribution in [-0.2, 0) is 12.0 Å². The molecule has 114 valence electrons. The fourth-order valence-electron chi connectivity index (χ4n) is 2.08. The van der Waals surface area contributed by atoms with Crippen LogP contribution in [0.2, 0.25) is 0 Å². The van der Waals surface area contributed by atoms with Crippen LogP contribution in [0.5, 0.6) is 0 Å². The number of pyridine rings is 1. The van der Waals surface area contributed by atoms with Gasteiger partial charge in [0, 0.05) is 27.5 Å². The molecule has 3 nitrogen and oxygen atoms in total. The molecule has 5 heteroatoms. The van der Waals surface area contributed by atoms with E-state index in [2.05, 4.69) is 53.9 Å². The quantitative estimate of drug-likeness (QED) is 0.773. The molecule has 0 fully saturated rings. The summed E-state index contributed by atoms with van der Waals surface area (Å²) in [7, 11) is 0. The van der Waals surface area contributed by atoms with Crippen molar-refractivity contribution >= 4 is 27.3 Å². The van der Waals surface area contributed by atoms with Crippen LogP contribution in [0, 0.1) is 0 Å². The number of nitrogens with zero attached hydrogens (tertiary/aromatic N) is 2. The van der Waals surface area contributed by atoms with Gasteiger partial charge in [0.15, 0.2) is 0 Å². The van der Waals surface area contributed by atoms with Crippen LogP contribution in [0.3, 0.4) is 0 Å². The molecule has 0 radical (unpaired) electrons. The normalized spacial score (nSPS) is 11.9. The molecule has 0 saturated carbocycles. The van der Waals surface area contributed by atoms with Gasteiger partial charge in [0.25, 0.3) is 0 Å². The topological polar surface area (TPSA) is 37.8 Å².